The van der Waals surface area contributed by atoms with Crippen molar-refractivity contribution in [2.45, 2.75) is 6.92 Å². The van der Waals surface area contributed by atoms with E-state index in [9.17, 15) is 22.8 Å². The molecule has 2 amide bonds. The number of carbonyl (C=O) groups is 3. The first kappa shape index (κ1) is 26.4. The molecule has 1 aliphatic rings. The molecule has 3 aromatic carbocycles. The lowest BCUT2D eigenvalue weighted by Crippen LogP contribution is -2.37. The zero-order valence-corrected chi connectivity index (χ0v) is 21.5. The van der Waals surface area contributed by atoms with Gasteiger partial charge in [0.2, 0.25) is 15.9 Å². The van der Waals surface area contributed by atoms with Crippen LogP contribution in [0.15, 0.2) is 72.8 Å². The number of amides is 2. The standard InChI is InChI=1S/C27H26N4O6S/c1-3-37-27(34)18-9-14-21-22(15-18)30-26(33)24(21)25(17-7-5-4-6-8-17)29-19-10-12-20(13-11-19)31(16-23(28)32)38(2,35)36/h4-15,29H,3,16H2,1-2H3,(H2,28,32)(H,30,33). The predicted molar refractivity (Wildman–Crippen MR) is 146 cm³/mol. The molecule has 0 atom stereocenters. The third-order valence-corrected chi connectivity index (χ3v) is 6.85. The second-order valence-corrected chi connectivity index (χ2v) is 10.4. The van der Waals surface area contributed by atoms with Crippen LogP contribution < -0.4 is 20.7 Å². The summed E-state index contributed by atoms with van der Waals surface area (Å²) in [5.41, 5.74) is 9.08. The molecule has 38 heavy (non-hydrogen) atoms. The van der Waals surface area contributed by atoms with Crippen LogP contribution in [0, 0.1) is 0 Å². The topological polar surface area (TPSA) is 148 Å². The largest absolute Gasteiger partial charge is 0.462 e. The molecule has 11 heteroatoms. The van der Waals surface area contributed by atoms with Gasteiger partial charge in [0.1, 0.15) is 6.54 Å². The normalized spacial score (nSPS) is 13.8. The minimum atomic E-state index is -3.74. The van der Waals surface area contributed by atoms with Gasteiger partial charge in [0.05, 0.1) is 41.1 Å². The van der Waals surface area contributed by atoms with Crippen LogP contribution in [0.5, 0.6) is 0 Å². The minimum absolute atomic E-state index is 0.235. The van der Waals surface area contributed by atoms with Crippen molar-refractivity contribution in [3.8, 4) is 0 Å². The Labute approximate surface area is 220 Å². The number of nitrogens with two attached hydrogens (primary N) is 1. The second-order valence-electron chi connectivity index (χ2n) is 8.46. The van der Waals surface area contributed by atoms with Crippen LogP contribution in [0.25, 0.3) is 11.3 Å². The summed E-state index contributed by atoms with van der Waals surface area (Å²) in [4.78, 5) is 36.7. The SMILES string of the molecule is CCOC(=O)c1ccc2c(c1)NC(=O)C2=C(Nc1ccc(N(CC(N)=O)S(C)(=O)=O)cc1)c1ccccc1. The first-order valence-electron chi connectivity index (χ1n) is 11.6. The van der Waals surface area contributed by atoms with E-state index in [1.165, 1.54) is 12.1 Å². The summed E-state index contributed by atoms with van der Waals surface area (Å²) in [6.07, 6.45) is 0.990. The van der Waals surface area contributed by atoms with Gasteiger partial charge in [-0.1, -0.05) is 36.4 Å². The zero-order valence-electron chi connectivity index (χ0n) is 20.7. The quantitative estimate of drug-likeness (QED) is 0.282. The molecule has 196 valence electrons. The molecule has 0 aliphatic carbocycles. The fraction of sp³-hybridized carbons (Fsp3) is 0.148. The molecule has 10 nitrogen and oxygen atoms in total. The van der Waals surface area contributed by atoms with Gasteiger partial charge in [-0.05, 0) is 48.9 Å². The zero-order chi connectivity index (χ0) is 27.4. The lowest BCUT2D eigenvalue weighted by molar-refractivity contribution is -0.116. The fourth-order valence-electron chi connectivity index (χ4n) is 4.04. The van der Waals surface area contributed by atoms with Crippen LogP contribution in [-0.4, -0.2) is 45.6 Å². The Hall–Kier alpha value is -4.64. The van der Waals surface area contributed by atoms with E-state index in [1.807, 2.05) is 30.3 Å². The van der Waals surface area contributed by atoms with E-state index in [-0.39, 0.29) is 18.2 Å². The molecule has 4 N–H and O–H groups in total. The Morgan fingerprint density at radius 2 is 1.68 bits per heavy atom. The van der Waals surface area contributed by atoms with E-state index >= 15 is 0 Å². The second kappa shape index (κ2) is 10.8. The molecule has 0 saturated heterocycles. The van der Waals surface area contributed by atoms with Gasteiger partial charge in [-0.2, -0.15) is 0 Å². The number of primary amides is 1. The molecule has 1 aliphatic heterocycles. The number of nitrogens with zero attached hydrogens (tertiary/aromatic N) is 1. The molecule has 0 unspecified atom stereocenters. The van der Waals surface area contributed by atoms with Crippen LogP contribution in [0.1, 0.15) is 28.4 Å². The maximum absolute atomic E-state index is 13.2. The first-order valence-corrected chi connectivity index (χ1v) is 13.5. The van der Waals surface area contributed by atoms with Crippen molar-refractivity contribution >= 4 is 56.1 Å². The van der Waals surface area contributed by atoms with Gasteiger partial charge in [0.15, 0.2) is 0 Å². The van der Waals surface area contributed by atoms with Gasteiger partial charge in [-0.15, -0.1) is 0 Å². The summed E-state index contributed by atoms with van der Waals surface area (Å²) in [6.45, 7) is 1.46. The molecule has 4 rings (SSSR count). The molecule has 0 aromatic heterocycles. The number of nitrogens with one attached hydrogen (secondary N) is 2. The summed E-state index contributed by atoms with van der Waals surface area (Å²) >= 11 is 0. The molecule has 3 aromatic rings. The van der Waals surface area contributed by atoms with Crippen molar-refractivity contribution in [2.24, 2.45) is 5.73 Å². The smallest absolute Gasteiger partial charge is 0.338 e. The van der Waals surface area contributed by atoms with Gasteiger partial charge in [0.25, 0.3) is 5.91 Å². The lowest BCUT2D eigenvalue weighted by atomic mass is 9.99. The van der Waals surface area contributed by atoms with Crippen molar-refractivity contribution in [1.82, 2.24) is 0 Å². The number of sulfonamides is 1. The summed E-state index contributed by atoms with van der Waals surface area (Å²) < 4.78 is 30.3. The number of benzene rings is 3. The van der Waals surface area contributed by atoms with Crippen molar-refractivity contribution in [2.75, 3.05) is 34.3 Å². The molecule has 0 spiro atoms. The molecule has 0 radical (unpaired) electrons. The number of anilines is 3. The van der Waals surface area contributed by atoms with Gasteiger partial charge >= 0.3 is 5.97 Å². The lowest BCUT2D eigenvalue weighted by Gasteiger charge is -2.21. The number of carbonyl (C=O) groups excluding carboxylic acids is 3. The number of fused-ring (bicyclic) bond motifs is 1. The molecular formula is C27H26N4O6S. The Morgan fingerprint density at radius 3 is 2.29 bits per heavy atom. The highest BCUT2D eigenvalue weighted by molar-refractivity contribution is 7.92. The van der Waals surface area contributed by atoms with Crippen LogP contribution >= 0.6 is 0 Å². The number of rotatable bonds is 9. The van der Waals surface area contributed by atoms with E-state index < -0.39 is 28.4 Å². The Balaban J connectivity index is 1.75. The molecule has 0 bridgehead atoms. The van der Waals surface area contributed by atoms with Crippen LogP contribution in [0.4, 0.5) is 17.1 Å². The fourth-order valence-corrected chi connectivity index (χ4v) is 4.91. The highest BCUT2D eigenvalue weighted by Gasteiger charge is 2.29. The van der Waals surface area contributed by atoms with E-state index in [0.717, 1.165) is 16.1 Å². The van der Waals surface area contributed by atoms with E-state index in [0.29, 0.717) is 33.8 Å². The minimum Gasteiger partial charge on any atom is -0.462 e. The monoisotopic (exact) mass is 534 g/mol. The van der Waals surface area contributed by atoms with E-state index in [1.54, 1.807) is 37.3 Å². The highest BCUT2D eigenvalue weighted by atomic mass is 32.2. The average molecular weight is 535 g/mol. The Bertz CT molecular complexity index is 1530. The number of hydrogen-bond acceptors (Lipinski definition) is 7. The summed E-state index contributed by atoms with van der Waals surface area (Å²) in [5, 5.41) is 6.10. The van der Waals surface area contributed by atoms with Crippen molar-refractivity contribution in [1.29, 1.82) is 0 Å². The van der Waals surface area contributed by atoms with Crippen molar-refractivity contribution in [3.05, 3.63) is 89.5 Å². The highest BCUT2D eigenvalue weighted by Crippen LogP contribution is 2.38. The van der Waals surface area contributed by atoms with Gasteiger partial charge in [-0.25, -0.2) is 13.2 Å². The first-order chi connectivity index (χ1) is 18.1. The summed E-state index contributed by atoms with van der Waals surface area (Å²) in [6, 6.07) is 20.4. The van der Waals surface area contributed by atoms with Gasteiger partial charge < -0.3 is 21.1 Å². The maximum atomic E-state index is 13.2. The number of esters is 1. The van der Waals surface area contributed by atoms with E-state index in [2.05, 4.69) is 10.6 Å². The number of ether oxygens (including phenoxy) is 1. The van der Waals surface area contributed by atoms with Crippen molar-refractivity contribution in [3.63, 3.8) is 0 Å². The van der Waals surface area contributed by atoms with Crippen molar-refractivity contribution < 1.29 is 27.5 Å². The third kappa shape index (κ3) is 5.68. The van der Waals surface area contributed by atoms with E-state index in [4.69, 9.17) is 10.5 Å². The molecular weight excluding hydrogens is 508 g/mol. The van der Waals surface area contributed by atoms with Crippen LogP contribution in [0.3, 0.4) is 0 Å². The molecule has 0 saturated carbocycles. The average Bonchev–Trinajstić information content (AvgIpc) is 3.21. The van der Waals surface area contributed by atoms with Crippen LogP contribution in [0.2, 0.25) is 0 Å². The molecule has 0 fully saturated rings. The number of hydrogen-bond donors (Lipinski definition) is 3. The Morgan fingerprint density at radius 1 is 1.00 bits per heavy atom. The van der Waals surface area contributed by atoms with Gasteiger partial charge in [-0.3, -0.25) is 13.9 Å². The van der Waals surface area contributed by atoms with Crippen LogP contribution in [-0.2, 0) is 24.3 Å². The predicted octanol–water partition coefficient (Wildman–Crippen LogP) is 3.05. The maximum Gasteiger partial charge on any atom is 0.338 e. The summed E-state index contributed by atoms with van der Waals surface area (Å²) in [5.74, 6) is -1.62. The summed E-state index contributed by atoms with van der Waals surface area (Å²) in [7, 11) is -3.74. The third-order valence-electron chi connectivity index (χ3n) is 5.71. The van der Waals surface area contributed by atoms with Gasteiger partial charge in [0, 0.05) is 11.3 Å². The Kier molecular flexibility index (Phi) is 7.49. The molecule has 1 heterocycles.